The number of H-pyrrole nitrogens is 1. The molecule has 3 nitrogen and oxygen atoms in total. The monoisotopic (exact) mass is 310 g/mol. The summed E-state index contributed by atoms with van der Waals surface area (Å²) in [5, 5.41) is 2.43. The number of halogens is 1. The van der Waals surface area contributed by atoms with Gasteiger partial charge < -0.3 is 17.4 Å². The van der Waals surface area contributed by atoms with Gasteiger partial charge >= 0.3 is 0 Å². The van der Waals surface area contributed by atoms with Crippen LogP contribution in [0, 0.1) is 6.92 Å². The van der Waals surface area contributed by atoms with Gasteiger partial charge in [0.15, 0.2) is 18.2 Å². The first kappa shape index (κ1) is 14.5. The van der Waals surface area contributed by atoms with Crippen molar-refractivity contribution in [2.75, 3.05) is 0 Å². The fourth-order valence-electron chi connectivity index (χ4n) is 3.05. The van der Waals surface area contributed by atoms with Crippen LogP contribution >= 0.6 is 0 Å². The number of hydrogen-bond donors (Lipinski definition) is 1. The molecule has 1 aromatic carbocycles. The highest BCUT2D eigenvalue weighted by Crippen LogP contribution is 2.27. The van der Waals surface area contributed by atoms with Crippen LogP contribution in [0.1, 0.15) is 22.8 Å². The fourth-order valence-corrected chi connectivity index (χ4v) is 3.05. The maximum Gasteiger partial charge on any atom is 0.235 e. The van der Waals surface area contributed by atoms with Gasteiger partial charge in [0.05, 0.1) is 5.56 Å². The predicted molar refractivity (Wildman–Crippen MR) is 83.7 cm³/mol. The van der Waals surface area contributed by atoms with Crippen molar-refractivity contribution >= 4 is 33.1 Å². The molecule has 110 valence electrons. The molecule has 0 spiro atoms. The number of pyridine rings is 2. The van der Waals surface area contributed by atoms with Crippen molar-refractivity contribution in [3.05, 3.63) is 59.9 Å². The Morgan fingerprint density at radius 3 is 2.68 bits per heavy atom. The third-order valence-corrected chi connectivity index (χ3v) is 4.11. The molecule has 4 rings (SSSR count). The molecule has 0 aliphatic carbocycles. The SMILES string of the molecule is CC(=O)c1c[n+]2ccc3c4ccccc4[nH]c3c2cc1C.[Cl-]. The number of carbonyl (C=O) groups excluding carboxylic acids is 1. The van der Waals surface area contributed by atoms with Gasteiger partial charge in [0.25, 0.3) is 0 Å². The summed E-state index contributed by atoms with van der Waals surface area (Å²) in [4.78, 5) is 15.2. The van der Waals surface area contributed by atoms with Gasteiger partial charge in [0.1, 0.15) is 5.52 Å². The molecule has 1 N–H and O–H groups in total. The number of carbonyl (C=O) groups is 1. The molecule has 0 saturated carbocycles. The highest BCUT2D eigenvalue weighted by Gasteiger charge is 2.16. The molecule has 0 radical (unpaired) electrons. The van der Waals surface area contributed by atoms with E-state index in [1.165, 1.54) is 10.8 Å². The van der Waals surface area contributed by atoms with Crippen LogP contribution in [0.25, 0.3) is 27.3 Å². The zero-order valence-corrected chi connectivity index (χ0v) is 13.1. The first-order valence-electron chi connectivity index (χ1n) is 7.01. The van der Waals surface area contributed by atoms with Gasteiger partial charge in [-0.15, -0.1) is 0 Å². The average molecular weight is 311 g/mol. The Bertz CT molecular complexity index is 1030. The lowest BCUT2D eigenvalue weighted by Crippen LogP contribution is -3.00. The molecule has 22 heavy (non-hydrogen) atoms. The number of para-hydroxylation sites is 1. The molecule has 3 heterocycles. The van der Waals surface area contributed by atoms with Gasteiger partial charge in [-0.1, -0.05) is 18.2 Å². The van der Waals surface area contributed by atoms with Gasteiger partial charge in [0, 0.05) is 28.4 Å². The van der Waals surface area contributed by atoms with Crippen LogP contribution in [0.2, 0.25) is 0 Å². The Kier molecular flexibility index (Phi) is 3.38. The Hall–Kier alpha value is -2.39. The van der Waals surface area contributed by atoms with Gasteiger partial charge in [-0.05, 0) is 25.5 Å². The Morgan fingerprint density at radius 1 is 1.14 bits per heavy atom. The van der Waals surface area contributed by atoms with E-state index in [1.807, 2.05) is 29.8 Å². The van der Waals surface area contributed by atoms with Crippen molar-refractivity contribution in [2.24, 2.45) is 0 Å². The normalized spacial score (nSPS) is 11.0. The molecule has 4 aromatic rings. The molecule has 0 fully saturated rings. The number of benzene rings is 1. The molecule has 4 heteroatoms. The van der Waals surface area contributed by atoms with Gasteiger partial charge in [0.2, 0.25) is 5.52 Å². The summed E-state index contributed by atoms with van der Waals surface area (Å²) in [6.07, 6.45) is 3.93. The predicted octanol–water partition coefficient (Wildman–Crippen LogP) is 0.575. The molecule has 0 bridgehead atoms. The molecule has 0 unspecified atom stereocenters. The zero-order chi connectivity index (χ0) is 14.6. The standard InChI is InChI=1S/C18H14N2O.ClH/c1-11-9-17-18-14(13-5-3-4-6-16(13)19-18)7-8-20(17)10-15(11)12(2)21;/h3-10H,1-2H3;1H. The summed E-state index contributed by atoms with van der Waals surface area (Å²) in [7, 11) is 0. The maximum absolute atomic E-state index is 11.7. The smallest absolute Gasteiger partial charge is 0.235 e. The number of fused-ring (bicyclic) bond motifs is 5. The molecular weight excluding hydrogens is 296 g/mol. The molecule has 0 saturated heterocycles. The second-order valence-electron chi connectivity index (χ2n) is 5.49. The summed E-state index contributed by atoms with van der Waals surface area (Å²) in [5.41, 5.74) is 5.11. The van der Waals surface area contributed by atoms with Crippen molar-refractivity contribution in [2.45, 2.75) is 13.8 Å². The lowest BCUT2D eigenvalue weighted by molar-refractivity contribution is -0.511. The Labute approximate surface area is 134 Å². The van der Waals surface area contributed by atoms with Crippen LogP contribution in [-0.4, -0.2) is 10.8 Å². The number of hydrogen-bond acceptors (Lipinski definition) is 1. The average Bonchev–Trinajstić information content (AvgIpc) is 2.85. The van der Waals surface area contributed by atoms with Gasteiger partial charge in [-0.2, -0.15) is 4.40 Å². The Balaban J connectivity index is 0.00000144. The minimum Gasteiger partial charge on any atom is -1.00 e. The lowest BCUT2D eigenvalue weighted by Gasteiger charge is -2.00. The van der Waals surface area contributed by atoms with E-state index < -0.39 is 0 Å². The fraction of sp³-hybridized carbons (Fsp3) is 0.111. The summed E-state index contributed by atoms with van der Waals surface area (Å²) in [6.45, 7) is 3.59. The number of aromatic nitrogens is 2. The highest BCUT2D eigenvalue weighted by molar-refractivity contribution is 6.11. The Morgan fingerprint density at radius 2 is 1.91 bits per heavy atom. The van der Waals surface area contributed by atoms with E-state index in [2.05, 4.69) is 35.3 Å². The van der Waals surface area contributed by atoms with E-state index in [1.54, 1.807) is 6.92 Å². The first-order chi connectivity index (χ1) is 10.1. The van der Waals surface area contributed by atoms with E-state index in [-0.39, 0.29) is 18.2 Å². The number of Topliss-reactive ketones (excluding diaryl/α,β-unsaturated/α-hetero) is 1. The second kappa shape index (κ2) is 5.11. The molecular formula is C18H15ClN2O. The summed E-state index contributed by atoms with van der Waals surface area (Å²) >= 11 is 0. The van der Waals surface area contributed by atoms with Crippen LogP contribution in [0.15, 0.2) is 48.8 Å². The highest BCUT2D eigenvalue weighted by atomic mass is 35.5. The van der Waals surface area contributed by atoms with Crippen LogP contribution in [0.5, 0.6) is 0 Å². The second-order valence-corrected chi connectivity index (χ2v) is 5.49. The largest absolute Gasteiger partial charge is 1.00 e. The molecule has 0 aliphatic rings. The van der Waals surface area contributed by atoms with Crippen molar-refractivity contribution in [3.63, 3.8) is 0 Å². The van der Waals surface area contributed by atoms with E-state index >= 15 is 0 Å². The number of nitrogens with one attached hydrogen (secondary N) is 1. The minimum atomic E-state index is 0. The molecule has 0 amide bonds. The molecule has 0 atom stereocenters. The van der Waals surface area contributed by atoms with Crippen LogP contribution in [0.4, 0.5) is 0 Å². The van der Waals surface area contributed by atoms with E-state index in [4.69, 9.17) is 0 Å². The van der Waals surface area contributed by atoms with Crippen molar-refractivity contribution in [1.29, 1.82) is 0 Å². The first-order valence-corrected chi connectivity index (χ1v) is 7.01. The maximum atomic E-state index is 11.7. The summed E-state index contributed by atoms with van der Waals surface area (Å²) in [6, 6.07) is 12.5. The van der Waals surface area contributed by atoms with Crippen molar-refractivity contribution in [3.8, 4) is 0 Å². The summed E-state index contributed by atoms with van der Waals surface area (Å²) < 4.78 is 2.02. The topological polar surface area (TPSA) is 37.0 Å². The van der Waals surface area contributed by atoms with Crippen LogP contribution < -0.4 is 16.8 Å². The lowest BCUT2D eigenvalue weighted by atomic mass is 10.1. The van der Waals surface area contributed by atoms with E-state index in [0.29, 0.717) is 0 Å². The van der Waals surface area contributed by atoms with Gasteiger partial charge in [-0.3, -0.25) is 4.79 Å². The van der Waals surface area contributed by atoms with Crippen molar-refractivity contribution in [1.82, 2.24) is 4.98 Å². The third-order valence-electron chi connectivity index (χ3n) is 4.11. The van der Waals surface area contributed by atoms with Crippen molar-refractivity contribution < 1.29 is 21.6 Å². The zero-order valence-electron chi connectivity index (χ0n) is 12.4. The number of rotatable bonds is 1. The number of aryl methyl sites for hydroxylation is 1. The molecule has 0 aliphatic heterocycles. The van der Waals surface area contributed by atoms with E-state index in [0.717, 1.165) is 27.7 Å². The third kappa shape index (κ3) is 1.97. The summed E-state index contributed by atoms with van der Waals surface area (Å²) in [5.74, 6) is 0.0960. The molecule has 3 aromatic heterocycles. The number of nitrogens with zero attached hydrogens (tertiary/aromatic N) is 1. The van der Waals surface area contributed by atoms with Crippen LogP contribution in [0.3, 0.4) is 0 Å². The number of aromatic amines is 1. The minimum absolute atomic E-state index is 0. The number of ketones is 1. The van der Waals surface area contributed by atoms with E-state index in [9.17, 15) is 4.79 Å². The van der Waals surface area contributed by atoms with Gasteiger partial charge in [-0.25, -0.2) is 0 Å². The van der Waals surface area contributed by atoms with Crippen LogP contribution in [-0.2, 0) is 0 Å². The quantitative estimate of drug-likeness (QED) is 0.405.